The standard InChI is InChI=1S/C17H37O4PS/c1-4-6-7-8-9-10-11-12-13-14-15-16-17-22(3,5-2)21-23(18,19)20/h4-17H2,1-3H3/p+1. The van der Waals surface area contributed by atoms with Crippen LogP contribution in [0, 0.1) is 0 Å². The number of rotatable bonds is 16. The van der Waals surface area contributed by atoms with E-state index in [-0.39, 0.29) is 0 Å². The van der Waals surface area contributed by atoms with Crippen molar-refractivity contribution < 1.29 is 16.9 Å². The van der Waals surface area contributed by atoms with Gasteiger partial charge < -0.3 is 0 Å². The SMILES string of the molecule is CCCCCCCCCCCCCC[P+](C)(CC)OS(=O)(=O)O. The molecule has 23 heavy (non-hydrogen) atoms. The monoisotopic (exact) mass is 369 g/mol. The molecule has 1 N–H and O–H groups in total. The average Bonchev–Trinajstić information content (AvgIpc) is 2.46. The molecular weight excluding hydrogens is 331 g/mol. The highest BCUT2D eigenvalue weighted by molar-refractivity contribution is 7.89. The van der Waals surface area contributed by atoms with Gasteiger partial charge >= 0.3 is 10.4 Å². The number of hydrogen-bond donors (Lipinski definition) is 1. The zero-order chi connectivity index (χ0) is 17.6. The van der Waals surface area contributed by atoms with Gasteiger partial charge in [0.25, 0.3) is 0 Å². The first-order chi connectivity index (χ1) is 10.8. The Morgan fingerprint density at radius 1 is 0.783 bits per heavy atom. The maximum absolute atomic E-state index is 10.9. The minimum absolute atomic E-state index is 0.685. The second-order valence-electron chi connectivity index (χ2n) is 6.73. The lowest BCUT2D eigenvalue weighted by atomic mass is 10.1. The zero-order valence-electron chi connectivity index (χ0n) is 15.4. The van der Waals surface area contributed by atoms with Crippen LogP contribution in [0.4, 0.5) is 0 Å². The van der Waals surface area contributed by atoms with Crippen molar-refractivity contribution in [1.29, 1.82) is 0 Å². The molecule has 1 unspecified atom stereocenters. The lowest BCUT2D eigenvalue weighted by molar-refractivity contribution is 0.396. The van der Waals surface area contributed by atoms with Gasteiger partial charge in [-0.05, 0) is 19.8 Å². The molecule has 0 amide bonds. The quantitative estimate of drug-likeness (QED) is 0.203. The van der Waals surface area contributed by atoms with Crippen LogP contribution in [0.15, 0.2) is 0 Å². The molecule has 0 saturated carbocycles. The fourth-order valence-electron chi connectivity index (χ4n) is 2.76. The first kappa shape index (κ1) is 23.3. The summed E-state index contributed by atoms with van der Waals surface area (Å²) in [5.74, 6) is 0. The Hall–Kier alpha value is 0.300. The van der Waals surface area contributed by atoms with Gasteiger partial charge in [-0.1, -0.05) is 75.1 Å². The third-order valence-corrected chi connectivity index (χ3v) is 9.22. The Morgan fingerprint density at radius 2 is 1.17 bits per heavy atom. The van der Waals surface area contributed by atoms with Crippen LogP contribution in [0.3, 0.4) is 0 Å². The molecule has 1 atom stereocenters. The zero-order valence-corrected chi connectivity index (χ0v) is 17.1. The highest BCUT2D eigenvalue weighted by Gasteiger charge is 2.36. The fourth-order valence-corrected chi connectivity index (χ4v) is 6.51. The highest BCUT2D eigenvalue weighted by atomic mass is 32.3. The first-order valence-electron chi connectivity index (χ1n) is 9.36. The Morgan fingerprint density at radius 3 is 1.52 bits per heavy atom. The lowest BCUT2D eigenvalue weighted by Crippen LogP contribution is -2.10. The molecule has 4 nitrogen and oxygen atoms in total. The molecule has 0 aliphatic rings. The molecule has 0 fully saturated rings. The summed E-state index contributed by atoms with van der Waals surface area (Å²) in [5, 5.41) is 0. The molecule has 0 aliphatic heterocycles. The second kappa shape index (κ2) is 13.6. The molecule has 0 aliphatic carbocycles. The Balaban J connectivity index is 3.51. The van der Waals surface area contributed by atoms with Gasteiger partial charge in [0.2, 0.25) is 0 Å². The maximum atomic E-state index is 10.9. The van der Waals surface area contributed by atoms with Gasteiger partial charge in [0.05, 0.1) is 19.0 Å². The normalized spacial score (nSPS) is 14.8. The van der Waals surface area contributed by atoms with Gasteiger partial charge in [0.15, 0.2) is 7.49 Å². The summed E-state index contributed by atoms with van der Waals surface area (Å²) >= 11 is 0. The van der Waals surface area contributed by atoms with Crippen molar-refractivity contribution in [3.63, 3.8) is 0 Å². The fraction of sp³-hybridized carbons (Fsp3) is 1.00. The summed E-state index contributed by atoms with van der Waals surface area (Å²) in [6, 6.07) is 0. The molecule has 0 spiro atoms. The molecule has 6 heteroatoms. The molecule has 0 aromatic carbocycles. The van der Waals surface area contributed by atoms with Gasteiger partial charge in [0.1, 0.15) is 0 Å². The molecule has 0 radical (unpaired) electrons. The molecule has 0 aromatic rings. The van der Waals surface area contributed by atoms with Crippen molar-refractivity contribution >= 4 is 17.9 Å². The Labute approximate surface area is 145 Å². The molecular formula is C17H38O4PS+. The maximum Gasteiger partial charge on any atom is 0.429 e. The predicted molar refractivity (Wildman–Crippen MR) is 102 cm³/mol. The summed E-state index contributed by atoms with van der Waals surface area (Å²) in [4.78, 5) is 0. The van der Waals surface area contributed by atoms with E-state index in [2.05, 4.69) is 6.92 Å². The van der Waals surface area contributed by atoms with Gasteiger partial charge in [-0.2, -0.15) is 8.42 Å². The summed E-state index contributed by atoms with van der Waals surface area (Å²) < 4.78 is 35.5. The van der Waals surface area contributed by atoms with E-state index in [9.17, 15) is 8.42 Å². The van der Waals surface area contributed by atoms with Crippen molar-refractivity contribution in [2.24, 2.45) is 0 Å². The second-order valence-corrected chi connectivity index (χ2v) is 11.9. The third kappa shape index (κ3) is 15.6. The average molecular weight is 370 g/mol. The van der Waals surface area contributed by atoms with Crippen LogP contribution in [0.1, 0.15) is 90.9 Å². The van der Waals surface area contributed by atoms with E-state index >= 15 is 0 Å². The van der Waals surface area contributed by atoms with E-state index in [4.69, 9.17) is 8.52 Å². The van der Waals surface area contributed by atoms with Crippen LogP contribution < -0.4 is 0 Å². The van der Waals surface area contributed by atoms with Crippen molar-refractivity contribution in [3.8, 4) is 0 Å². The van der Waals surface area contributed by atoms with Gasteiger partial charge in [-0.3, -0.25) is 4.55 Å². The van der Waals surface area contributed by atoms with E-state index in [0.29, 0.717) is 6.16 Å². The summed E-state index contributed by atoms with van der Waals surface area (Å²) in [7, 11) is -6.30. The Kier molecular flexibility index (Phi) is 13.8. The Bertz CT molecular complexity index is 373. The summed E-state index contributed by atoms with van der Waals surface area (Å²) in [6.45, 7) is 6.04. The minimum atomic E-state index is -4.31. The molecule has 140 valence electrons. The van der Waals surface area contributed by atoms with E-state index < -0.39 is 17.9 Å². The van der Waals surface area contributed by atoms with E-state index in [1.807, 2.05) is 13.6 Å². The molecule has 0 aromatic heterocycles. The van der Waals surface area contributed by atoms with Crippen LogP contribution in [0.2, 0.25) is 0 Å². The van der Waals surface area contributed by atoms with Crippen LogP contribution in [0.25, 0.3) is 0 Å². The van der Waals surface area contributed by atoms with E-state index in [1.165, 1.54) is 64.2 Å². The predicted octanol–water partition coefficient (Wildman–Crippen LogP) is 6.09. The summed E-state index contributed by atoms with van der Waals surface area (Å²) in [5.41, 5.74) is 0. The largest absolute Gasteiger partial charge is 0.429 e. The first-order valence-corrected chi connectivity index (χ1v) is 13.2. The van der Waals surface area contributed by atoms with Crippen LogP contribution >= 0.6 is 7.49 Å². The van der Waals surface area contributed by atoms with Crippen molar-refractivity contribution in [1.82, 2.24) is 0 Å². The van der Waals surface area contributed by atoms with Crippen LogP contribution in [0.5, 0.6) is 0 Å². The van der Waals surface area contributed by atoms with E-state index in [0.717, 1.165) is 19.0 Å². The summed E-state index contributed by atoms with van der Waals surface area (Å²) in [6.07, 6.45) is 16.9. The van der Waals surface area contributed by atoms with Gasteiger partial charge in [-0.25, -0.2) is 0 Å². The molecule has 0 rings (SSSR count). The minimum Gasteiger partial charge on any atom is -0.261 e. The van der Waals surface area contributed by atoms with E-state index in [1.54, 1.807) is 0 Å². The highest BCUT2D eigenvalue weighted by Crippen LogP contribution is 2.57. The lowest BCUT2D eigenvalue weighted by Gasteiger charge is -2.17. The van der Waals surface area contributed by atoms with Crippen molar-refractivity contribution in [2.45, 2.75) is 90.9 Å². The van der Waals surface area contributed by atoms with Crippen molar-refractivity contribution in [3.05, 3.63) is 0 Å². The number of hydrogen-bond acceptors (Lipinski definition) is 3. The van der Waals surface area contributed by atoms with Gasteiger partial charge in [-0.15, -0.1) is 0 Å². The van der Waals surface area contributed by atoms with Crippen LogP contribution in [-0.2, 0) is 14.4 Å². The number of unbranched alkanes of at least 4 members (excludes halogenated alkanes) is 11. The van der Waals surface area contributed by atoms with Crippen LogP contribution in [-0.4, -0.2) is 32.0 Å². The third-order valence-electron chi connectivity index (χ3n) is 4.43. The molecule has 0 saturated heterocycles. The van der Waals surface area contributed by atoms with Crippen molar-refractivity contribution in [2.75, 3.05) is 19.0 Å². The molecule has 0 bridgehead atoms. The molecule has 0 heterocycles. The smallest absolute Gasteiger partial charge is 0.261 e. The van der Waals surface area contributed by atoms with Gasteiger partial charge in [0, 0.05) is 0 Å². The topological polar surface area (TPSA) is 63.6 Å².